The first kappa shape index (κ1) is 18.4. The average Bonchev–Trinajstić information content (AvgIpc) is 2.60. The van der Waals surface area contributed by atoms with Crippen molar-refractivity contribution < 1.29 is 14.3 Å². The van der Waals surface area contributed by atoms with Crippen molar-refractivity contribution >= 4 is 35.2 Å². The molecule has 1 N–H and O–H groups in total. The van der Waals surface area contributed by atoms with Crippen LogP contribution in [-0.2, 0) is 16.1 Å². The molecule has 0 fully saturated rings. The van der Waals surface area contributed by atoms with E-state index >= 15 is 0 Å². The van der Waals surface area contributed by atoms with Crippen LogP contribution in [0.3, 0.4) is 0 Å². The molecule has 0 aliphatic carbocycles. The van der Waals surface area contributed by atoms with E-state index in [1.54, 1.807) is 43.0 Å². The predicted octanol–water partition coefficient (Wildman–Crippen LogP) is 3.92. The van der Waals surface area contributed by atoms with Crippen LogP contribution in [0.15, 0.2) is 53.4 Å². The van der Waals surface area contributed by atoms with E-state index in [2.05, 4.69) is 5.32 Å². The second-order valence-electron chi connectivity index (χ2n) is 5.16. The maximum atomic E-state index is 12.1. The molecule has 0 heterocycles. The summed E-state index contributed by atoms with van der Waals surface area (Å²) in [6, 6.07) is 13.5. The molecule has 0 aliphatic heterocycles. The zero-order valence-electron chi connectivity index (χ0n) is 13.4. The summed E-state index contributed by atoms with van der Waals surface area (Å²) in [5.74, 6) is -0.827. The van der Waals surface area contributed by atoms with Crippen molar-refractivity contribution in [1.29, 1.82) is 0 Å². The van der Waals surface area contributed by atoms with E-state index in [0.717, 1.165) is 10.5 Å². The first-order chi connectivity index (χ1) is 11.5. The Morgan fingerprint density at radius 3 is 2.33 bits per heavy atom. The fourth-order valence-electron chi connectivity index (χ4n) is 1.94. The normalized spacial score (nSPS) is 11.6. The van der Waals surface area contributed by atoms with Crippen molar-refractivity contribution in [3.05, 3.63) is 64.7 Å². The molecule has 0 bridgehead atoms. The molecule has 6 heteroatoms. The van der Waals surface area contributed by atoms with Crippen LogP contribution in [0.5, 0.6) is 0 Å². The molecule has 0 aromatic heterocycles. The third-order valence-corrected chi connectivity index (χ3v) is 4.34. The van der Waals surface area contributed by atoms with Crippen LogP contribution in [-0.4, -0.2) is 24.2 Å². The quantitative estimate of drug-likeness (QED) is 0.624. The fraction of sp³-hybridized carbons (Fsp3) is 0.222. The van der Waals surface area contributed by atoms with E-state index in [1.165, 1.54) is 0 Å². The summed E-state index contributed by atoms with van der Waals surface area (Å²) in [6.07, 6.45) is 2.00. The van der Waals surface area contributed by atoms with Gasteiger partial charge in [-0.2, -0.15) is 0 Å². The summed E-state index contributed by atoms with van der Waals surface area (Å²) >= 11 is 7.43. The highest BCUT2D eigenvalue weighted by Gasteiger charge is 2.18. The number of halogens is 1. The van der Waals surface area contributed by atoms with E-state index in [1.807, 2.05) is 30.5 Å². The standard InChI is InChI=1S/C18H18ClNO3S/c1-12(20-17(21)14-5-7-15(19)8-6-14)18(22)23-11-13-3-9-16(24-2)10-4-13/h3-10,12H,11H2,1-2H3,(H,20,21)/t12-/m0/s1. The van der Waals surface area contributed by atoms with Gasteiger partial charge in [-0.1, -0.05) is 23.7 Å². The Labute approximate surface area is 150 Å². The Morgan fingerprint density at radius 2 is 1.75 bits per heavy atom. The maximum absolute atomic E-state index is 12.1. The lowest BCUT2D eigenvalue weighted by Gasteiger charge is -2.13. The third kappa shape index (κ3) is 5.28. The number of carbonyl (C=O) groups excluding carboxylic acids is 2. The smallest absolute Gasteiger partial charge is 0.328 e. The first-order valence-corrected chi connectivity index (χ1v) is 8.96. The lowest BCUT2D eigenvalue weighted by molar-refractivity contribution is -0.146. The highest BCUT2D eigenvalue weighted by Crippen LogP contribution is 2.15. The Morgan fingerprint density at radius 1 is 1.12 bits per heavy atom. The molecule has 0 unspecified atom stereocenters. The van der Waals surface area contributed by atoms with Gasteiger partial charge in [0.05, 0.1) is 0 Å². The van der Waals surface area contributed by atoms with Gasteiger partial charge in [0.2, 0.25) is 0 Å². The van der Waals surface area contributed by atoms with E-state index in [9.17, 15) is 9.59 Å². The van der Waals surface area contributed by atoms with Crippen molar-refractivity contribution in [3.8, 4) is 0 Å². The van der Waals surface area contributed by atoms with Gasteiger partial charge < -0.3 is 10.1 Å². The zero-order valence-corrected chi connectivity index (χ0v) is 15.0. The average molecular weight is 364 g/mol. The number of rotatable bonds is 6. The maximum Gasteiger partial charge on any atom is 0.328 e. The second kappa shape index (κ2) is 8.76. The minimum absolute atomic E-state index is 0.175. The first-order valence-electron chi connectivity index (χ1n) is 7.35. The van der Waals surface area contributed by atoms with Crippen molar-refractivity contribution in [2.75, 3.05) is 6.26 Å². The molecule has 0 saturated heterocycles. The van der Waals surface area contributed by atoms with Crippen LogP contribution in [0.2, 0.25) is 5.02 Å². The predicted molar refractivity (Wildman–Crippen MR) is 96.4 cm³/mol. The van der Waals surface area contributed by atoms with Crippen LogP contribution in [0.1, 0.15) is 22.8 Å². The highest BCUT2D eigenvalue weighted by atomic mass is 35.5. The summed E-state index contributed by atoms with van der Waals surface area (Å²) in [4.78, 5) is 25.2. The summed E-state index contributed by atoms with van der Waals surface area (Å²) < 4.78 is 5.24. The van der Waals surface area contributed by atoms with Crippen LogP contribution in [0, 0.1) is 0 Å². The van der Waals surface area contributed by atoms with Crippen molar-refractivity contribution in [1.82, 2.24) is 5.32 Å². The molecule has 0 aliphatic rings. The van der Waals surface area contributed by atoms with E-state index < -0.39 is 12.0 Å². The lowest BCUT2D eigenvalue weighted by atomic mass is 10.2. The van der Waals surface area contributed by atoms with Crippen LogP contribution in [0.4, 0.5) is 0 Å². The van der Waals surface area contributed by atoms with E-state index in [-0.39, 0.29) is 12.5 Å². The van der Waals surface area contributed by atoms with Gasteiger partial charge in [-0.25, -0.2) is 4.79 Å². The Balaban J connectivity index is 1.84. The number of nitrogens with one attached hydrogen (secondary N) is 1. The van der Waals surface area contributed by atoms with Crippen LogP contribution >= 0.6 is 23.4 Å². The molecule has 1 atom stereocenters. The summed E-state index contributed by atoms with van der Waals surface area (Å²) in [7, 11) is 0. The number of hydrogen-bond donors (Lipinski definition) is 1. The Kier molecular flexibility index (Phi) is 6.70. The molecule has 126 valence electrons. The summed E-state index contributed by atoms with van der Waals surface area (Å²) in [5.41, 5.74) is 1.34. The van der Waals surface area contributed by atoms with Gasteiger partial charge in [0, 0.05) is 15.5 Å². The molecule has 0 saturated carbocycles. The number of ether oxygens (including phenoxy) is 1. The Hall–Kier alpha value is -1.98. The van der Waals surface area contributed by atoms with Crippen molar-refractivity contribution in [2.24, 2.45) is 0 Å². The molecule has 2 rings (SSSR count). The van der Waals surface area contributed by atoms with Gasteiger partial charge in [-0.15, -0.1) is 11.8 Å². The van der Waals surface area contributed by atoms with Crippen LogP contribution < -0.4 is 5.32 Å². The van der Waals surface area contributed by atoms with E-state index in [4.69, 9.17) is 16.3 Å². The molecular formula is C18H18ClNO3S. The van der Waals surface area contributed by atoms with Gasteiger partial charge >= 0.3 is 5.97 Å². The second-order valence-corrected chi connectivity index (χ2v) is 6.47. The number of carbonyl (C=O) groups is 2. The number of hydrogen-bond acceptors (Lipinski definition) is 4. The molecule has 24 heavy (non-hydrogen) atoms. The summed E-state index contributed by atoms with van der Waals surface area (Å²) in [6.45, 7) is 1.77. The van der Waals surface area contributed by atoms with Gasteiger partial charge in [0.15, 0.2) is 0 Å². The molecule has 1 amide bonds. The molecular weight excluding hydrogens is 346 g/mol. The minimum atomic E-state index is -0.737. The molecule has 2 aromatic carbocycles. The number of benzene rings is 2. The topological polar surface area (TPSA) is 55.4 Å². The zero-order chi connectivity index (χ0) is 17.5. The van der Waals surface area contributed by atoms with E-state index in [0.29, 0.717) is 10.6 Å². The molecule has 0 spiro atoms. The molecule has 4 nitrogen and oxygen atoms in total. The lowest BCUT2D eigenvalue weighted by Crippen LogP contribution is -2.39. The fourth-order valence-corrected chi connectivity index (χ4v) is 2.48. The minimum Gasteiger partial charge on any atom is -0.459 e. The Bertz CT molecular complexity index is 701. The van der Waals surface area contributed by atoms with Gasteiger partial charge in [0.1, 0.15) is 12.6 Å². The van der Waals surface area contributed by atoms with Gasteiger partial charge in [-0.3, -0.25) is 4.79 Å². The van der Waals surface area contributed by atoms with Gasteiger partial charge in [-0.05, 0) is 55.1 Å². The number of esters is 1. The SMILES string of the molecule is CSc1ccc(COC(=O)[C@H](C)NC(=O)c2ccc(Cl)cc2)cc1. The van der Waals surface area contributed by atoms with Crippen molar-refractivity contribution in [3.63, 3.8) is 0 Å². The number of amides is 1. The van der Waals surface area contributed by atoms with Gasteiger partial charge in [0.25, 0.3) is 5.91 Å². The molecule has 2 aromatic rings. The van der Waals surface area contributed by atoms with Crippen LogP contribution in [0.25, 0.3) is 0 Å². The monoisotopic (exact) mass is 363 g/mol. The van der Waals surface area contributed by atoms with Crippen molar-refractivity contribution in [2.45, 2.75) is 24.5 Å². The summed E-state index contributed by atoms with van der Waals surface area (Å²) in [5, 5.41) is 3.16. The molecule has 0 radical (unpaired) electrons. The third-order valence-electron chi connectivity index (χ3n) is 3.35. The number of thioether (sulfide) groups is 1. The largest absolute Gasteiger partial charge is 0.459 e. The highest BCUT2D eigenvalue weighted by molar-refractivity contribution is 7.98.